The zero-order valence-corrected chi connectivity index (χ0v) is 21.7. The number of esters is 1. The van der Waals surface area contributed by atoms with E-state index in [1.807, 2.05) is 43.3 Å². The van der Waals surface area contributed by atoms with E-state index in [2.05, 4.69) is 10.3 Å². The number of aryl methyl sites for hydroxylation is 1. The lowest BCUT2D eigenvalue weighted by atomic mass is 10.0. The van der Waals surface area contributed by atoms with Gasteiger partial charge in [0.15, 0.2) is 17.1 Å². The van der Waals surface area contributed by atoms with Crippen molar-refractivity contribution in [3.8, 4) is 28.4 Å². The number of furan rings is 1. The molecule has 6 rings (SSSR count). The van der Waals surface area contributed by atoms with Crippen molar-refractivity contribution in [2.75, 3.05) is 12.8 Å². The molecular weight excluding hydrogens is 514 g/mol. The number of carbonyl (C=O) groups is 2. The summed E-state index contributed by atoms with van der Waals surface area (Å²) in [6.07, 6.45) is 0. The normalized spacial score (nSPS) is 11.3. The number of hydrogen-bond acceptors (Lipinski definition) is 9. The van der Waals surface area contributed by atoms with Crippen LogP contribution < -0.4 is 20.9 Å². The molecule has 3 aromatic heterocycles. The van der Waals surface area contributed by atoms with E-state index in [9.17, 15) is 9.59 Å². The molecule has 1 amide bonds. The van der Waals surface area contributed by atoms with Crippen LogP contribution in [0.5, 0.6) is 11.5 Å². The Bertz CT molecular complexity index is 1950. The van der Waals surface area contributed by atoms with Crippen LogP contribution in [0.15, 0.2) is 69.6 Å². The smallest absolute Gasteiger partial charge is 0.351 e. The molecule has 40 heavy (non-hydrogen) atoms. The number of carbonyl (C=O) groups excluding carboxylic acids is 2. The minimum absolute atomic E-state index is 0.0158. The maximum atomic E-state index is 13.6. The first-order chi connectivity index (χ1) is 19.3. The van der Waals surface area contributed by atoms with Crippen LogP contribution in [0.2, 0.25) is 0 Å². The van der Waals surface area contributed by atoms with Crippen LogP contribution in [0.25, 0.3) is 38.9 Å². The van der Waals surface area contributed by atoms with Crippen molar-refractivity contribution in [2.24, 2.45) is 5.73 Å². The van der Waals surface area contributed by atoms with E-state index < -0.39 is 11.9 Å². The number of primary amides is 1. The van der Waals surface area contributed by atoms with Crippen molar-refractivity contribution in [1.29, 1.82) is 0 Å². The van der Waals surface area contributed by atoms with E-state index in [-0.39, 0.29) is 39.8 Å². The molecule has 0 saturated heterocycles. The summed E-state index contributed by atoms with van der Waals surface area (Å²) in [4.78, 5) is 26.2. The highest BCUT2D eigenvalue weighted by Gasteiger charge is 2.31. The SMILES string of the molecule is COc1c(OC(=O)c2c(-c3c(C)nn(-c4ccccc4)c3C)noc2N)cc2oc3ccccc3c2c1C(N)=O. The Morgan fingerprint density at radius 1 is 0.975 bits per heavy atom. The first-order valence-corrected chi connectivity index (χ1v) is 12.2. The van der Waals surface area contributed by atoms with Gasteiger partial charge in [0.25, 0.3) is 5.91 Å². The average Bonchev–Trinajstić information content (AvgIpc) is 3.59. The minimum atomic E-state index is -0.885. The first kappa shape index (κ1) is 24.7. The molecule has 3 heterocycles. The Labute approximate surface area is 226 Å². The number of methoxy groups -OCH3 is 1. The van der Waals surface area contributed by atoms with Gasteiger partial charge in [-0.2, -0.15) is 5.10 Å². The summed E-state index contributed by atoms with van der Waals surface area (Å²) in [7, 11) is 1.34. The standard InChI is InChI=1S/C29H23N5O6/c1-14-21(15(2)34(32-14)16-9-5-4-6-10-16)25-24(28(31)40-33-25)29(36)39-20-13-19-22(23(27(30)35)26(20)37-3)17-11-7-8-12-18(17)38-19/h4-13H,31H2,1-3H3,(H2,30,35). The molecule has 11 heteroatoms. The predicted molar refractivity (Wildman–Crippen MR) is 147 cm³/mol. The van der Waals surface area contributed by atoms with E-state index in [4.69, 9.17) is 29.9 Å². The third-order valence-electron chi connectivity index (χ3n) is 6.69. The molecule has 0 bridgehead atoms. The molecule has 11 nitrogen and oxygen atoms in total. The zero-order chi connectivity index (χ0) is 28.1. The highest BCUT2D eigenvalue weighted by atomic mass is 16.6. The second-order valence-electron chi connectivity index (χ2n) is 9.07. The maximum Gasteiger partial charge on any atom is 0.351 e. The molecule has 0 aliphatic heterocycles. The van der Waals surface area contributed by atoms with Crippen LogP contribution in [0.3, 0.4) is 0 Å². The number of rotatable bonds is 6. The largest absolute Gasteiger partial charge is 0.492 e. The summed E-state index contributed by atoms with van der Waals surface area (Å²) in [6, 6.07) is 18.1. The number of amides is 1. The highest BCUT2D eigenvalue weighted by molar-refractivity contribution is 6.18. The Balaban J connectivity index is 1.47. The van der Waals surface area contributed by atoms with Gasteiger partial charge in [-0.05, 0) is 32.0 Å². The monoisotopic (exact) mass is 537 g/mol. The van der Waals surface area contributed by atoms with Crippen molar-refractivity contribution in [2.45, 2.75) is 13.8 Å². The Morgan fingerprint density at radius 2 is 1.70 bits per heavy atom. The van der Waals surface area contributed by atoms with Gasteiger partial charge in [-0.25, -0.2) is 9.48 Å². The molecule has 6 aromatic rings. The van der Waals surface area contributed by atoms with Gasteiger partial charge < -0.3 is 29.9 Å². The van der Waals surface area contributed by atoms with Gasteiger partial charge >= 0.3 is 5.97 Å². The van der Waals surface area contributed by atoms with E-state index in [1.165, 1.54) is 13.2 Å². The summed E-state index contributed by atoms with van der Waals surface area (Å²) in [5.74, 6) is -2.03. The quantitative estimate of drug-likeness (QED) is 0.221. The molecule has 0 spiro atoms. The van der Waals surface area contributed by atoms with Crippen molar-refractivity contribution >= 4 is 39.7 Å². The molecule has 0 saturated carbocycles. The van der Waals surface area contributed by atoms with Crippen molar-refractivity contribution in [1.82, 2.24) is 14.9 Å². The number of ether oxygens (including phenoxy) is 2. The fraction of sp³-hybridized carbons (Fsp3) is 0.103. The van der Waals surface area contributed by atoms with Crippen molar-refractivity contribution in [3.63, 3.8) is 0 Å². The highest BCUT2D eigenvalue weighted by Crippen LogP contribution is 2.43. The second kappa shape index (κ2) is 9.31. The predicted octanol–water partition coefficient (Wildman–Crippen LogP) is 4.95. The number of benzene rings is 3. The number of nitrogens with two attached hydrogens (primary N) is 2. The number of nitrogen functional groups attached to an aromatic ring is 1. The Morgan fingerprint density at radius 3 is 2.42 bits per heavy atom. The second-order valence-corrected chi connectivity index (χ2v) is 9.07. The maximum absolute atomic E-state index is 13.6. The number of hydrogen-bond donors (Lipinski definition) is 2. The fourth-order valence-corrected chi connectivity index (χ4v) is 4.99. The molecule has 4 N–H and O–H groups in total. The molecule has 0 atom stereocenters. The molecule has 0 aliphatic rings. The summed E-state index contributed by atoms with van der Waals surface area (Å²) in [5.41, 5.74) is 15.4. The number of anilines is 1. The summed E-state index contributed by atoms with van der Waals surface area (Å²) >= 11 is 0. The van der Waals surface area contributed by atoms with Crippen LogP contribution in [-0.4, -0.2) is 33.9 Å². The molecule has 0 aliphatic carbocycles. The molecule has 0 radical (unpaired) electrons. The van der Waals surface area contributed by atoms with E-state index >= 15 is 0 Å². The Kier molecular flexibility index (Phi) is 5.76. The number of para-hydroxylation sites is 2. The van der Waals surface area contributed by atoms with Crippen molar-refractivity contribution < 1.29 is 28.0 Å². The van der Waals surface area contributed by atoms with Crippen LogP contribution in [0, 0.1) is 13.8 Å². The summed E-state index contributed by atoms with van der Waals surface area (Å²) in [5, 5.41) is 9.80. The molecule has 3 aromatic carbocycles. The van der Waals surface area contributed by atoms with Gasteiger partial charge in [-0.15, -0.1) is 0 Å². The fourth-order valence-electron chi connectivity index (χ4n) is 4.99. The van der Waals surface area contributed by atoms with Crippen molar-refractivity contribution in [3.05, 3.63) is 83.2 Å². The number of fused-ring (bicyclic) bond motifs is 3. The van der Waals surface area contributed by atoms with Gasteiger partial charge in [0.1, 0.15) is 16.9 Å². The Hall–Kier alpha value is -5.58. The molecule has 0 fully saturated rings. The average molecular weight is 538 g/mol. The lowest BCUT2D eigenvalue weighted by Crippen LogP contribution is -2.16. The van der Waals surface area contributed by atoms with E-state index in [0.29, 0.717) is 33.3 Å². The minimum Gasteiger partial charge on any atom is -0.492 e. The van der Waals surface area contributed by atoms with E-state index in [1.54, 1.807) is 29.8 Å². The van der Waals surface area contributed by atoms with E-state index in [0.717, 1.165) is 5.69 Å². The van der Waals surface area contributed by atoms with Gasteiger partial charge in [-0.1, -0.05) is 41.6 Å². The van der Waals surface area contributed by atoms with Crippen LogP contribution in [0.1, 0.15) is 32.1 Å². The summed E-state index contributed by atoms with van der Waals surface area (Å²) < 4.78 is 24.2. The van der Waals surface area contributed by atoms with Gasteiger partial charge in [-0.3, -0.25) is 4.79 Å². The molecule has 0 unspecified atom stereocenters. The third-order valence-corrected chi connectivity index (χ3v) is 6.69. The lowest BCUT2D eigenvalue weighted by molar-refractivity contribution is 0.0729. The van der Waals surface area contributed by atoms with Gasteiger partial charge in [0, 0.05) is 22.4 Å². The summed E-state index contributed by atoms with van der Waals surface area (Å²) in [6.45, 7) is 3.64. The molecule has 200 valence electrons. The topological polar surface area (TPSA) is 162 Å². The number of nitrogens with zero attached hydrogens (tertiary/aromatic N) is 3. The molecular formula is C29H23N5O6. The van der Waals surface area contributed by atoms with Crippen LogP contribution in [0.4, 0.5) is 5.88 Å². The first-order valence-electron chi connectivity index (χ1n) is 12.2. The van der Waals surface area contributed by atoms with Crippen LogP contribution >= 0.6 is 0 Å². The lowest BCUT2D eigenvalue weighted by Gasteiger charge is -2.13. The van der Waals surface area contributed by atoms with Gasteiger partial charge in [0.2, 0.25) is 5.88 Å². The third kappa shape index (κ3) is 3.75. The zero-order valence-electron chi connectivity index (χ0n) is 21.7. The van der Waals surface area contributed by atoms with Crippen LogP contribution in [-0.2, 0) is 0 Å². The van der Waals surface area contributed by atoms with Gasteiger partial charge in [0.05, 0.1) is 29.7 Å². The number of aromatic nitrogens is 3.